The second-order valence-corrected chi connectivity index (χ2v) is 6.71. The van der Waals surface area contributed by atoms with Gasteiger partial charge in [0.15, 0.2) is 0 Å². The molecule has 1 aromatic carbocycles. The Balaban J connectivity index is 1.71. The van der Waals surface area contributed by atoms with E-state index in [2.05, 4.69) is 22.9 Å². The summed E-state index contributed by atoms with van der Waals surface area (Å²) in [5.74, 6) is 1.21. The molecule has 1 N–H and O–H groups in total. The molecule has 4 rings (SSSR count). The average Bonchev–Trinajstić information content (AvgIpc) is 3.20. The Morgan fingerprint density at radius 2 is 1.96 bits per heavy atom. The van der Waals surface area contributed by atoms with E-state index in [9.17, 15) is 4.79 Å². The van der Waals surface area contributed by atoms with E-state index < -0.39 is 0 Å². The number of carbonyl (C=O) groups excluding carboxylic acids is 1. The smallest absolute Gasteiger partial charge is 0.254 e. The van der Waals surface area contributed by atoms with Crippen LogP contribution in [0.4, 0.5) is 0 Å². The number of fused-ring (bicyclic) bond motifs is 1. The van der Waals surface area contributed by atoms with E-state index in [1.54, 1.807) is 0 Å². The Bertz CT molecular complexity index is 724. The first-order chi connectivity index (χ1) is 11.2. The molecule has 122 valence electrons. The third-order valence-electron chi connectivity index (χ3n) is 5.21. The van der Waals surface area contributed by atoms with E-state index in [4.69, 9.17) is 4.98 Å². The van der Waals surface area contributed by atoms with Crippen LogP contribution in [0.5, 0.6) is 0 Å². The minimum atomic E-state index is 0.144. The maximum atomic E-state index is 12.8. The van der Waals surface area contributed by atoms with Gasteiger partial charge in [0.2, 0.25) is 0 Å². The van der Waals surface area contributed by atoms with E-state index in [1.807, 2.05) is 17.0 Å². The number of amides is 1. The second-order valence-electron chi connectivity index (χ2n) is 6.71. The van der Waals surface area contributed by atoms with Crippen LogP contribution in [0.1, 0.15) is 47.9 Å². The van der Waals surface area contributed by atoms with E-state index in [1.165, 1.54) is 25.7 Å². The molecule has 0 unspecified atom stereocenters. The molecule has 1 aromatic heterocycles. The molecule has 2 aliphatic rings. The van der Waals surface area contributed by atoms with E-state index in [0.29, 0.717) is 6.04 Å². The zero-order chi connectivity index (χ0) is 15.8. The first kappa shape index (κ1) is 14.7. The minimum Gasteiger partial charge on any atom is -0.336 e. The van der Waals surface area contributed by atoms with Crippen molar-refractivity contribution in [1.29, 1.82) is 0 Å². The second kappa shape index (κ2) is 5.96. The van der Waals surface area contributed by atoms with Crippen molar-refractivity contribution in [2.75, 3.05) is 26.2 Å². The summed E-state index contributed by atoms with van der Waals surface area (Å²) in [4.78, 5) is 19.4. The summed E-state index contributed by atoms with van der Waals surface area (Å²) in [6, 6.07) is 6.53. The van der Waals surface area contributed by atoms with Crippen LogP contribution in [-0.2, 0) is 0 Å². The van der Waals surface area contributed by atoms with E-state index >= 15 is 0 Å². The highest BCUT2D eigenvalue weighted by Gasteiger charge is 2.23. The van der Waals surface area contributed by atoms with Gasteiger partial charge in [-0.3, -0.25) is 4.79 Å². The van der Waals surface area contributed by atoms with Crippen molar-refractivity contribution in [2.45, 2.75) is 38.6 Å². The van der Waals surface area contributed by atoms with E-state index in [0.717, 1.165) is 48.6 Å². The van der Waals surface area contributed by atoms with Gasteiger partial charge in [-0.1, -0.05) is 12.8 Å². The number of aromatic nitrogens is 2. The number of rotatable bonds is 2. The lowest BCUT2D eigenvalue weighted by molar-refractivity contribution is 0.0736. The number of hydrogen-bond acceptors (Lipinski definition) is 3. The fraction of sp³-hybridized carbons (Fsp3) is 0.556. The van der Waals surface area contributed by atoms with Gasteiger partial charge in [-0.25, -0.2) is 4.98 Å². The lowest BCUT2D eigenvalue weighted by Crippen LogP contribution is -2.46. The molecule has 1 aliphatic carbocycles. The highest BCUT2D eigenvalue weighted by Crippen LogP contribution is 2.33. The fourth-order valence-electron chi connectivity index (χ4n) is 4.02. The number of benzene rings is 1. The maximum Gasteiger partial charge on any atom is 0.254 e. The predicted molar refractivity (Wildman–Crippen MR) is 90.7 cm³/mol. The van der Waals surface area contributed by atoms with Crippen LogP contribution in [0.15, 0.2) is 18.2 Å². The molecule has 0 spiro atoms. The van der Waals surface area contributed by atoms with Crippen molar-refractivity contribution in [3.8, 4) is 0 Å². The van der Waals surface area contributed by atoms with Crippen molar-refractivity contribution in [2.24, 2.45) is 0 Å². The van der Waals surface area contributed by atoms with Crippen LogP contribution >= 0.6 is 0 Å². The highest BCUT2D eigenvalue weighted by molar-refractivity contribution is 5.97. The number of aryl methyl sites for hydroxylation is 1. The lowest BCUT2D eigenvalue weighted by Gasteiger charge is -2.27. The minimum absolute atomic E-state index is 0.144. The van der Waals surface area contributed by atoms with Crippen molar-refractivity contribution in [1.82, 2.24) is 19.8 Å². The van der Waals surface area contributed by atoms with Crippen LogP contribution < -0.4 is 5.32 Å². The molecule has 1 saturated heterocycles. The molecule has 2 aromatic rings. The number of nitrogens with zero attached hydrogens (tertiary/aromatic N) is 3. The van der Waals surface area contributed by atoms with Crippen LogP contribution in [0, 0.1) is 6.92 Å². The molecule has 0 bridgehead atoms. The van der Waals surface area contributed by atoms with Gasteiger partial charge in [-0.2, -0.15) is 0 Å². The van der Waals surface area contributed by atoms with E-state index in [-0.39, 0.29) is 5.91 Å². The monoisotopic (exact) mass is 312 g/mol. The Kier molecular flexibility index (Phi) is 3.81. The largest absolute Gasteiger partial charge is 0.336 e. The lowest BCUT2D eigenvalue weighted by atomic mass is 10.1. The van der Waals surface area contributed by atoms with Gasteiger partial charge in [0.25, 0.3) is 5.91 Å². The molecule has 1 amide bonds. The van der Waals surface area contributed by atoms with Crippen molar-refractivity contribution in [3.05, 3.63) is 29.6 Å². The third kappa shape index (κ3) is 2.63. The summed E-state index contributed by atoms with van der Waals surface area (Å²) >= 11 is 0. The molecule has 2 heterocycles. The zero-order valence-corrected chi connectivity index (χ0v) is 13.7. The molecule has 5 nitrogen and oxygen atoms in total. The molecule has 0 atom stereocenters. The first-order valence-corrected chi connectivity index (χ1v) is 8.72. The van der Waals surface area contributed by atoms with Gasteiger partial charge in [0, 0.05) is 37.8 Å². The van der Waals surface area contributed by atoms with Gasteiger partial charge in [0.05, 0.1) is 11.0 Å². The SMILES string of the molecule is Cc1nc2ccc(C(=O)N3CCNCC3)cc2n1C1CCCC1. The summed E-state index contributed by atoms with van der Waals surface area (Å²) < 4.78 is 2.36. The van der Waals surface area contributed by atoms with Gasteiger partial charge in [0.1, 0.15) is 5.82 Å². The molecule has 2 fully saturated rings. The summed E-state index contributed by atoms with van der Waals surface area (Å²) in [7, 11) is 0. The van der Waals surface area contributed by atoms with Crippen LogP contribution in [-0.4, -0.2) is 46.5 Å². The predicted octanol–water partition coefficient (Wildman–Crippen LogP) is 2.51. The Labute approximate surface area is 136 Å². The van der Waals surface area contributed by atoms with Crippen molar-refractivity contribution in [3.63, 3.8) is 0 Å². The van der Waals surface area contributed by atoms with Crippen LogP contribution in [0.2, 0.25) is 0 Å². The highest BCUT2D eigenvalue weighted by atomic mass is 16.2. The van der Waals surface area contributed by atoms with Crippen LogP contribution in [0.3, 0.4) is 0 Å². The molecule has 1 saturated carbocycles. The van der Waals surface area contributed by atoms with Gasteiger partial charge < -0.3 is 14.8 Å². The van der Waals surface area contributed by atoms with Crippen LogP contribution in [0.25, 0.3) is 11.0 Å². The van der Waals surface area contributed by atoms with Crippen molar-refractivity contribution < 1.29 is 4.79 Å². The molecule has 23 heavy (non-hydrogen) atoms. The standard InChI is InChI=1S/C18H24N4O/c1-13-20-16-7-6-14(18(23)21-10-8-19-9-11-21)12-17(16)22(13)15-4-2-3-5-15/h6-7,12,15,19H,2-5,8-11H2,1H3. The Morgan fingerprint density at radius 3 is 2.70 bits per heavy atom. The topological polar surface area (TPSA) is 50.2 Å². The normalized spacial score (nSPS) is 19.6. The average molecular weight is 312 g/mol. The number of piperazine rings is 1. The summed E-state index contributed by atoms with van der Waals surface area (Å²) in [5.41, 5.74) is 2.92. The summed E-state index contributed by atoms with van der Waals surface area (Å²) in [6.07, 6.45) is 5.04. The number of nitrogens with one attached hydrogen (secondary N) is 1. The quantitative estimate of drug-likeness (QED) is 0.927. The first-order valence-electron chi connectivity index (χ1n) is 8.72. The molecule has 1 aliphatic heterocycles. The maximum absolute atomic E-state index is 12.8. The molecular weight excluding hydrogens is 288 g/mol. The van der Waals surface area contributed by atoms with Gasteiger partial charge in [-0.05, 0) is 38.0 Å². The Morgan fingerprint density at radius 1 is 1.22 bits per heavy atom. The molecule has 0 radical (unpaired) electrons. The molecular formula is C18H24N4O. The number of imidazole rings is 1. The number of carbonyl (C=O) groups is 1. The third-order valence-corrected chi connectivity index (χ3v) is 5.21. The van der Waals surface area contributed by atoms with Gasteiger partial charge in [-0.15, -0.1) is 0 Å². The fourth-order valence-corrected chi connectivity index (χ4v) is 4.02. The summed E-state index contributed by atoms with van der Waals surface area (Å²) in [6.45, 7) is 5.42. The van der Waals surface area contributed by atoms with Gasteiger partial charge >= 0.3 is 0 Å². The molecule has 5 heteroatoms. The number of hydrogen-bond donors (Lipinski definition) is 1. The Hall–Kier alpha value is -1.88. The zero-order valence-electron chi connectivity index (χ0n) is 13.7. The summed E-state index contributed by atoms with van der Waals surface area (Å²) in [5, 5.41) is 3.29. The van der Waals surface area contributed by atoms with Crippen molar-refractivity contribution >= 4 is 16.9 Å².